The summed E-state index contributed by atoms with van der Waals surface area (Å²) >= 11 is 18.4. The van der Waals surface area contributed by atoms with Crippen molar-refractivity contribution in [1.82, 2.24) is 9.78 Å². The largest absolute Gasteiger partial charge is 0.292 e. The zero-order valence-corrected chi connectivity index (χ0v) is 16.8. The fourth-order valence-electron chi connectivity index (χ4n) is 2.78. The van der Waals surface area contributed by atoms with Gasteiger partial charge in [0.15, 0.2) is 5.78 Å². The highest BCUT2D eigenvalue weighted by atomic mass is 35.5. The van der Waals surface area contributed by atoms with Crippen LogP contribution in [0.3, 0.4) is 0 Å². The van der Waals surface area contributed by atoms with Crippen LogP contribution >= 0.6 is 34.8 Å². The average Bonchev–Trinajstić information content (AvgIpc) is 2.92. The van der Waals surface area contributed by atoms with E-state index in [4.69, 9.17) is 34.8 Å². The van der Waals surface area contributed by atoms with Crippen molar-refractivity contribution in [3.8, 4) is 16.9 Å². The molecule has 2 aromatic carbocycles. The van der Waals surface area contributed by atoms with E-state index < -0.39 is 0 Å². The van der Waals surface area contributed by atoms with Gasteiger partial charge < -0.3 is 0 Å². The van der Waals surface area contributed by atoms with Gasteiger partial charge in [-0.25, -0.2) is 4.68 Å². The number of carbonyl (C=O) groups excluding carboxylic acids is 1. The predicted molar refractivity (Wildman–Crippen MR) is 108 cm³/mol. The normalized spacial score (nSPS) is 11.2. The maximum Gasteiger partial charge on any atom is 0.185 e. The summed E-state index contributed by atoms with van der Waals surface area (Å²) in [6, 6.07) is 12.6. The molecule has 0 aliphatic heterocycles. The van der Waals surface area contributed by atoms with Crippen LogP contribution in [0, 0.1) is 12.8 Å². The van der Waals surface area contributed by atoms with Gasteiger partial charge in [-0.05, 0) is 37.3 Å². The van der Waals surface area contributed by atoms with Gasteiger partial charge in [0.25, 0.3) is 0 Å². The van der Waals surface area contributed by atoms with Gasteiger partial charge in [-0.3, -0.25) is 4.79 Å². The van der Waals surface area contributed by atoms with Crippen LogP contribution in [0.25, 0.3) is 16.9 Å². The number of benzene rings is 2. The van der Waals surface area contributed by atoms with Crippen molar-refractivity contribution >= 4 is 40.6 Å². The van der Waals surface area contributed by atoms with Crippen LogP contribution in [0.5, 0.6) is 0 Å². The first-order valence-electron chi connectivity index (χ1n) is 8.14. The molecule has 6 heteroatoms. The van der Waals surface area contributed by atoms with Gasteiger partial charge in [0.2, 0.25) is 0 Å². The van der Waals surface area contributed by atoms with E-state index in [1.165, 1.54) is 0 Å². The molecule has 0 saturated heterocycles. The predicted octanol–water partition coefficient (Wildman–Crippen LogP) is 6.65. The van der Waals surface area contributed by atoms with Gasteiger partial charge in [0.1, 0.15) is 5.69 Å². The van der Waals surface area contributed by atoms with Crippen molar-refractivity contribution in [2.75, 3.05) is 0 Å². The summed E-state index contributed by atoms with van der Waals surface area (Å²) in [7, 11) is 0. The molecule has 1 aromatic heterocycles. The Labute approximate surface area is 167 Å². The quantitative estimate of drug-likeness (QED) is 0.454. The fraction of sp³-hybridized carbons (Fsp3) is 0.200. The smallest absolute Gasteiger partial charge is 0.185 e. The Kier molecular flexibility index (Phi) is 5.42. The van der Waals surface area contributed by atoms with E-state index in [9.17, 15) is 4.79 Å². The summed E-state index contributed by atoms with van der Waals surface area (Å²) in [5.41, 5.74) is 3.60. The maximum atomic E-state index is 12.6. The van der Waals surface area contributed by atoms with Gasteiger partial charge in [0, 0.05) is 27.1 Å². The van der Waals surface area contributed by atoms with Gasteiger partial charge >= 0.3 is 0 Å². The third-order valence-corrected chi connectivity index (χ3v) is 4.93. The van der Waals surface area contributed by atoms with Crippen LogP contribution in [-0.4, -0.2) is 15.6 Å². The topological polar surface area (TPSA) is 34.9 Å². The average molecular weight is 408 g/mol. The number of carbonyl (C=O) groups is 1. The van der Waals surface area contributed by atoms with Gasteiger partial charge in [0.05, 0.1) is 16.4 Å². The van der Waals surface area contributed by atoms with E-state index in [1.807, 2.05) is 32.9 Å². The van der Waals surface area contributed by atoms with Crippen LogP contribution in [0.4, 0.5) is 0 Å². The molecule has 0 unspecified atom stereocenters. The standard InChI is InChI=1S/C20H17Cl3N2O/c1-11(2)20(26)18-12(3)19(13-4-6-14(21)7-5-13)25(24-18)17-9-8-15(22)10-16(17)23/h4-11H,1-3H3. The van der Waals surface area contributed by atoms with Gasteiger partial charge in [-0.1, -0.05) is 60.8 Å². The van der Waals surface area contributed by atoms with Crippen LogP contribution in [0.15, 0.2) is 42.5 Å². The molecular weight excluding hydrogens is 391 g/mol. The molecule has 0 saturated carbocycles. The minimum atomic E-state index is -0.157. The molecule has 0 spiro atoms. The number of hydrogen-bond acceptors (Lipinski definition) is 2. The van der Waals surface area contributed by atoms with Crippen LogP contribution in [0.2, 0.25) is 15.1 Å². The third-order valence-electron chi connectivity index (χ3n) is 4.14. The summed E-state index contributed by atoms with van der Waals surface area (Å²) in [5.74, 6) is -0.169. The Morgan fingerprint density at radius 2 is 1.62 bits per heavy atom. The van der Waals surface area contributed by atoms with Crippen molar-refractivity contribution in [3.63, 3.8) is 0 Å². The lowest BCUT2D eigenvalue weighted by molar-refractivity contribution is 0.0933. The molecule has 3 nitrogen and oxygen atoms in total. The minimum Gasteiger partial charge on any atom is -0.292 e. The lowest BCUT2D eigenvalue weighted by Gasteiger charge is -2.11. The molecule has 3 aromatic rings. The van der Waals surface area contributed by atoms with E-state index in [-0.39, 0.29) is 11.7 Å². The highest BCUT2D eigenvalue weighted by molar-refractivity contribution is 6.35. The maximum absolute atomic E-state index is 12.6. The summed E-state index contributed by atoms with van der Waals surface area (Å²) in [6.07, 6.45) is 0. The second-order valence-electron chi connectivity index (χ2n) is 6.36. The molecule has 3 rings (SSSR count). The number of halogens is 3. The molecule has 26 heavy (non-hydrogen) atoms. The van der Waals surface area contributed by atoms with Crippen molar-refractivity contribution < 1.29 is 4.79 Å². The number of Topliss-reactive ketones (excluding diaryl/α,β-unsaturated/α-hetero) is 1. The summed E-state index contributed by atoms with van der Waals surface area (Å²) < 4.78 is 1.70. The SMILES string of the molecule is Cc1c(C(=O)C(C)C)nn(-c2ccc(Cl)cc2Cl)c1-c1ccc(Cl)cc1. The third kappa shape index (κ3) is 3.52. The Morgan fingerprint density at radius 3 is 2.19 bits per heavy atom. The lowest BCUT2D eigenvalue weighted by Crippen LogP contribution is -2.10. The molecular formula is C20H17Cl3N2O. The Hall–Kier alpha value is -1.81. The van der Waals surface area contributed by atoms with Crippen LogP contribution < -0.4 is 0 Å². The molecule has 0 aliphatic carbocycles. The number of ketones is 1. The summed E-state index contributed by atoms with van der Waals surface area (Å²) in [5, 5.41) is 6.23. The number of nitrogens with zero attached hydrogens (tertiary/aromatic N) is 2. The molecule has 0 N–H and O–H groups in total. The highest BCUT2D eigenvalue weighted by Crippen LogP contribution is 2.33. The van der Waals surface area contributed by atoms with E-state index in [0.29, 0.717) is 26.4 Å². The molecule has 0 aliphatic rings. The van der Waals surface area contributed by atoms with Crippen LogP contribution in [-0.2, 0) is 0 Å². The number of rotatable bonds is 4. The highest BCUT2D eigenvalue weighted by Gasteiger charge is 2.24. The first kappa shape index (κ1) is 19.0. The Morgan fingerprint density at radius 1 is 1.00 bits per heavy atom. The molecule has 0 bridgehead atoms. The molecule has 0 radical (unpaired) electrons. The Bertz CT molecular complexity index is 975. The summed E-state index contributed by atoms with van der Waals surface area (Å²) in [6.45, 7) is 5.61. The molecule has 134 valence electrons. The van der Waals surface area contributed by atoms with Crippen molar-refractivity contribution in [1.29, 1.82) is 0 Å². The monoisotopic (exact) mass is 406 g/mol. The van der Waals surface area contributed by atoms with E-state index >= 15 is 0 Å². The lowest BCUT2D eigenvalue weighted by atomic mass is 10.0. The Balaban J connectivity index is 2.29. The second-order valence-corrected chi connectivity index (χ2v) is 7.64. The van der Waals surface area contributed by atoms with E-state index in [1.54, 1.807) is 35.0 Å². The first-order chi connectivity index (χ1) is 12.3. The molecule has 0 amide bonds. The van der Waals surface area contributed by atoms with Gasteiger partial charge in [-0.15, -0.1) is 0 Å². The van der Waals surface area contributed by atoms with Gasteiger partial charge in [-0.2, -0.15) is 5.10 Å². The minimum absolute atomic E-state index is 0.0125. The van der Waals surface area contributed by atoms with Crippen molar-refractivity contribution in [2.45, 2.75) is 20.8 Å². The fourth-order valence-corrected chi connectivity index (χ4v) is 3.39. The second kappa shape index (κ2) is 7.43. The van der Waals surface area contributed by atoms with Crippen molar-refractivity contribution in [3.05, 3.63) is 68.8 Å². The molecule has 0 fully saturated rings. The number of aromatic nitrogens is 2. The van der Waals surface area contributed by atoms with Crippen molar-refractivity contribution in [2.24, 2.45) is 5.92 Å². The van der Waals surface area contributed by atoms with Crippen LogP contribution in [0.1, 0.15) is 29.9 Å². The zero-order valence-electron chi connectivity index (χ0n) is 14.6. The molecule has 1 heterocycles. The van der Waals surface area contributed by atoms with E-state index in [0.717, 1.165) is 16.8 Å². The van der Waals surface area contributed by atoms with E-state index in [2.05, 4.69) is 5.10 Å². The molecule has 0 atom stereocenters. The zero-order chi connectivity index (χ0) is 19.0. The first-order valence-corrected chi connectivity index (χ1v) is 9.28. The summed E-state index contributed by atoms with van der Waals surface area (Å²) in [4.78, 5) is 12.6. The number of hydrogen-bond donors (Lipinski definition) is 0.